The van der Waals surface area contributed by atoms with Crippen molar-refractivity contribution in [2.45, 2.75) is 50.1 Å². The van der Waals surface area contributed by atoms with Gasteiger partial charge in [-0.05, 0) is 12.8 Å². The zero-order chi connectivity index (χ0) is 32.7. The van der Waals surface area contributed by atoms with Crippen LogP contribution in [0.25, 0.3) is 0 Å². The molecule has 0 bridgehead atoms. The van der Waals surface area contributed by atoms with Gasteiger partial charge in [-0.25, -0.2) is 0 Å². The zero-order valence-corrected chi connectivity index (χ0v) is 28.1. The van der Waals surface area contributed by atoms with E-state index in [-0.39, 0.29) is 12.2 Å². The molecule has 0 radical (unpaired) electrons. The molecule has 4 N–H and O–H groups in total. The monoisotopic (exact) mass is 664 g/mol. The first kappa shape index (κ1) is 39.9. The molecule has 0 aliphatic carbocycles. The molecule has 14 heteroatoms. The summed E-state index contributed by atoms with van der Waals surface area (Å²) in [6.07, 6.45) is 2.11. The lowest BCUT2D eigenvalue weighted by atomic mass is 10.1. The number of aliphatic hydroxyl groups excluding tert-OH is 4. The summed E-state index contributed by atoms with van der Waals surface area (Å²) in [6.45, 7) is 17.4. The largest absolute Gasteiger partial charge is 0.392 e. The highest BCUT2D eigenvalue weighted by Crippen LogP contribution is 2.10. The number of nitrogens with zero attached hydrogens (tertiary/aromatic N) is 4. The van der Waals surface area contributed by atoms with Crippen LogP contribution in [0.2, 0.25) is 0 Å². The Kier molecular flexibility index (Phi) is 22.0. The Hall–Kier alpha value is -0.560. The van der Waals surface area contributed by atoms with Crippen molar-refractivity contribution in [3.8, 4) is 0 Å². The fraction of sp³-hybridized carbons (Fsp3) is 1.00. The minimum Gasteiger partial charge on any atom is -0.392 e. The number of β-amino-alcohol motifs (C(OH)–C–C–N with tert-alkyl or cyclic N) is 4. The number of rotatable bonds is 20. The molecule has 272 valence electrons. The summed E-state index contributed by atoms with van der Waals surface area (Å²) in [7, 11) is 0. The van der Waals surface area contributed by atoms with Crippen LogP contribution in [0, 0.1) is 0 Å². The molecule has 4 aliphatic rings. The number of morpholine rings is 4. The van der Waals surface area contributed by atoms with Crippen molar-refractivity contribution in [3.05, 3.63) is 0 Å². The molecule has 4 fully saturated rings. The number of aliphatic hydroxyl groups is 4. The van der Waals surface area contributed by atoms with E-state index in [0.717, 1.165) is 144 Å². The molecule has 4 atom stereocenters. The van der Waals surface area contributed by atoms with Gasteiger partial charge in [0.1, 0.15) is 0 Å². The Bertz CT molecular complexity index is 650. The van der Waals surface area contributed by atoms with E-state index in [1.807, 2.05) is 0 Å². The summed E-state index contributed by atoms with van der Waals surface area (Å²) < 4.78 is 32.0. The van der Waals surface area contributed by atoms with E-state index in [0.29, 0.717) is 39.5 Å². The van der Waals surface area contributed by atoms with E-state index < -0.39 is 12.2 Å². The van der Waals surface area contributed by atoms with Crippen LogP contribution < -0.4 is 0 Å². The van der Waals surface area contributed by atoms with Gasteiger partial charge >= 0.3 is 0 Å². The van der Waals surface area contributed by atoms with Crippen molar-refractivity contribution >= 4 is 0 Å². The average Bonchev–Trinajstić information content (AvgIpc) is 3.07. The Morgan fingerprint density at radius 1 is 0.413 bits per heavy atom. The van der Waals surface area contributed by atoms with Gasteiger partial charge < -0.3 is 48.8 Å². The van der Waals surface area contributed by atoms with E-state index in [4.69, 9.17) is 28.4 Å². The molecule has 0 aromatic carbocycles. The minimum absolute atomic E-state index is 0.255. The van der Waals surface area contributed by atoms with Crippen LogP contribution in [0.5, 0.6) is 0 Å². The summed E-state index contributed by atoms with van der Waals surface area (Å²) in [6, 6.07) is 0. The Morgan fingerprint density at radius 3 is 0.957 bits per heavy atom. The van der Waals surface area contributed by atoms with E-state index in [1.54, 1.807) is 0 Å². The third kappa shape index (κ3) is 19.4. The van der Waals surface area contributed by atoms with Crippen molar-refractivity contribution in [1.82, 2.24) is 19.6 Å². The molecule has 0 spiro atoms. The molecule has 4 heterocycles. The normalized spacial score (nSPS) is 23.7. The summed E-state index contributed by atoms with van der Waals surface area (Å²) in [5.41, 5.74) is 0. The van der Waals surface area contributed by atoms with Gasteiger partial charge in [-0.3, -0.25) is 19.6 Å². The van der Waals surface area contributed by atoms with Gasteiger partial charge in [-0.2, -0.15) is 0 Å². The maximum atomic E-state index is 10.1. The fourth-order valence-corrected chi connectivity index (χ4v) is 5.93. The van der Waals surface area contributed by atoms with Crippen molar-refractivity contribution in [2.24, 2.45) is 0 Å². The van der Waals surface area contributed by atoms with Crippen LogP contribution in [0.4, 0.5) is 0 Å². The molecular formula is C32H64N4O10. The Morgan fingerprint density at radius 2 is 0.674 bits per heavy atom. The highest BCUT2D eigenvalue weighted by Gasteiger charge is 2.18. The fourth-order valence-electron chi connectivity index (χ4n) is 5.93. The molecule has 0 saturated carbocycles. The van der Waals surface area contributed by atoms with Crippen LogP contribution in [0.1, 0.15) is 25.7 Å². The summed E-state index contributed by atoms with van der Waals surface area (Å²) >= 11 is 0. The Balaban J connectivity index is 0.000000251. The van der Waals surface area contributed by atoms with Gasteiger partial charge in [0.2, 0.25) is 0 Å². The topological polar surface area (TPSA) is 149 Å². The third-order valence-electron chi connectivity index (χ3n) is 8.61. The predicted molar refractivity (Wildman–Crippen MR) is 173 cm³/mol. The molecular weight excluding hydrogens is 600 g/mol. The van der Waals surface area contributed by atoms with Gasteiger partial charge in [0.25, 0.3) is 0 Å². The average molecular weight is 665 g/mol. The van der Waals surface area contributed by atoms with Crippen LogP contribution in [0.3, 0.4) is 0 Å². The maximum absolute atomic E-state index is 10.1. The summed E-state index contributed by atoms with van der Waals surface area (Å²) in [5.74, 6) is 0. The lowest BCUT2D eigenvalue weighted by molar-refractivity contribution is -0.0417. The SMILES string of the molecule is OC(CCCCC(O)CN1CCOCC1)CN1CCOCC1.OC(COCCOCC(O)CN1CCOCC1)CN1CCOCC1. The molecule has 46 heavy (non-hydrogen) atoms. The van der Waals surface area contributed by atoms with Gasteiger partial charge in [0.15, 0.2) is 0 Å². The number of unbranched alkanes of at least 4 members (excludes halogenated alkanes) is 1. The number of hydrogen-bond acceptors (Lipinski definition) is 14. The molecule has 4 aliphatic heterocycles. The molecule has 4 unspecified atom stereocenters. The standard InChI is InChI=1S/C16H32N2O6.C16H32N2O4/c19-15(11-17-1-5-21-6-2-17)13-23-9-10-24-14-16(20)12-18-3-7-22-8-4-18;19-15(13-17-5-9-21-10-6-17)3-1-2-4-16(20)14-18-7-11-22-12-8-18/h15-16,19-20H,1-14H2;15-16,19-20H,1-14H2. The number of hydrogen-bond donors (Lipinski definition) is 4. The van der Waals surface area contributed by atoms with Crippen molar-refractivity contribution in [1.29, 1.82) is 0 Å². The first-order valence-corrected chi connectivity index (χ1v) is 17.6. The Labute approximate surface area is 276 Å². The van der Waals surface area contributed by atoms with Gasteiger partial charge in [-0.15, -0.1) is 0 Å². The first-order valence-electron chi connectivity index (χ1n) is 17.6. The van der Waals surface area contributed by atoms with Crippen molar-refractivity contribution in [2.75, 3.05) is 158 Å². The molecule has 0 aromatic rings. The molecule has 0 aromatic heterocycles. The summed E-state index contributed by atoms with van der Waals surface area (Å²) in [4.78, 5) is 8.88. The van der Waals surface area contributed by atoms with E-state index >= 15 is 0 Å². The molecule has 0 amide bonds. The second-order valence-corrected chi connectivity index (χ2v) is 12.7. The van der Waals surface area contributed by atoms with Gasteiger partial charge in [-0.1, -0.05) is 12.8 Å². The second-order valence-electron chi connectivity index (χ2n) is 12.7. The van der Waals surface area contributed by atoms with Crippen LogP contribution >= 0.6 is 0 Å². The zero-order valence-electron chi connectivity index (χ0n) is 28.1. The van der Waals surface area contributed by atoms with Crippen LogP contribution in [-0.2, 0) is 28.4 Å². The predicted octanol–water partition coefficient (Wildman–Crippen LogP) is -1.66. The van der Waals surface area contributed by atoms with Gasteiger partial charge in [0.05, 0.1) is 104 Å². The quantitative estimate of drug-likeness (QED) is 0.110. The van der Waals surface area contributed by atoms with Crippen molar-refractivity contribution < 1.29 is 48.8 Å². The van der Waals surface area contributed by atoms with Gasteiger partial charge in [0, 0.05) is 78.5 Å². The first-order chi connectivity index (χ1) is 22.5. The van der Waals surface area contributed by atoms with Crippen molar-refractivity contribution in [3.63, 3.8) is 0 Å². The highest BCUT2D eigenvalue weighted by atomic mass is 16.5. The lowest BCUT2D eigenvalue weighted by Gasteiger charge is -2.29. The van der Waals surface area contributed by atoms with Crippen LogP contribution in [0.15, 0.2) is 0 Å². The maximum Gasteiger partial charge on any atom is 0.0900 e. The molecule has 4 rings (SSSR count). The smallest absolute Gasteiger partial charge is 0.0900 e. The molecule has 4 saturated heterocycles. The summed E-state index contributed by atoms with van der Waals surface area (Å²) in [5, 5.41) is 40.0. The van der Waals surface area contributed by atoms with Crippen LogP contribution in [-0.4, -0.2) is 222 Å². The van der Waals surface area contributed by atoms with E-state index in [9.17, 15) is 20.4 Å². The second kappa shape index (κ2) is 25.4. The van der Waals surface area contributed by atoms with E-state index in [1.165, 1.54) is 0 Å². The molecule has 14 nitrogen and oxygen atoms in total. The lowest BCUT2D eigenvalue weighted by Crippen LogP contribution is -2.42. The van der Waals surface area contributed by atoms with E-state index in [2.05, 4.69) is 19.6 Å². The highest BCUT2D eigenvalue weighted by molar-refractivity contribution is 4.71. The third-order valence-corrected chi connectivity index (χ3v) is 8.61. The minimum atomic E-state index is -0.491. The number of ether oxygens (including phenoxy) is 6.